The number of anilines is 1. The highest BCUT2D eigenvalue weighted by molar-refractivity contribution is 5.92. The van der Waals surface area contributed by atoms with Crippen LogP contribution in [-0.2, 0) is 4.79 Å². The zero-order valence-corrected chi connectivity index (χ0v) is 12.6. The molecule has 110 valence electrons. The van der Waals surface area contributed by atoms with Crippen molar-refractivity contribution in [3.63, 3.8) is 0 Å². The van der Waals surface area contributed by atoms with E-state index < -0.39 is 0 Å². The Morgan fingerprint density at radius 3 is 2.85 bits per heavy atom. The number of amides is 1. The van der Waals surface area contributed by atoms with Gasteiger partial charge in [-0.25, -0.2) is 9.97 Å². The van der Waals surface area contributed by atoms with E-state index in [1.54, 1.807) is 13.3 Å². The van der Waals surface area contributed by atoms with Crippen molar-refractivity contribution < 1.29 is 9.53 Å². The lowest BCUT2D eigenvalue weighted by Crippen LogP contribution is -2.35. The molecule has 1 N–H and O–H groups in total. The lowest BCUT2D eigenvalue weighted by atomic mass is 9.68. The molecule has 2 atom stereocenters. The van der Waals surface area contributed by atoms with Gasteiger partial charge in [-0.1, -0.05) is 20.8 Å². The van der Waals surface area contributed by atoms with Crippen molar-refractivity contribution in [2.45, 2.75) is 40.0 Å². The lowest BCUT2D eigenvalue weighted by Gasteiger charge is -2.38. The summed E-state index contributed by atoms with van der Waals surface area (Å²) in [7, 11) is 1.54. The molecule has 5 heteroatoms. The van der Waals surface area contributed by atoms with Crippen molar-refractivity contribution in [1.29, 1.82) is 0 Å². The smallest absolute Gasteiger partial charge is 0.228 e. The summed E-state index contributed by atoms with van der Waals surface area (Å²) in [4.78, 5) is 20.4. The minimum atomic E-state index is 0.0293. The number of aromatic nitrogens is 2. The van der Waals surface area contributed by atoms with Crippen molar-refractivity contribution in [1.82, 2.24) is 9.97 Å². The SMILES string of the molecule is COc1cncnc1NC(=O)[C@@H]1C[C@H](C)CC(C)(C)C1. The maximum atomic E-state index is 12.4. The summed E-state index contributed by atoms with van der Waals surface area (Å²) in [5.74, 6) is 1.57. The summed E-state index contributed by atoms with van der Waals surface area (Å²) in [6, 6.07) is 0. The van der Waals surface area contributed by atoms with Gasteiger partial charge in [-0.2, -0.15) is 0 Å². The van der Waals surface area contributed by atoms with Gasteiger partial charge in [0.1, 0.15) is 6.33 Å². The largest absolute Gasteiger partial charge is 0.491 e. The molecular weight excluding hydrogens is 254 g/mol. The number of carbonyl (C=O) groups excluding carboxylic acids is 1. The number of hydrogen-bond donors (Lipinski definition) is 1. The first-order valence-electron chi connectivity index (χ1n) is 7.06. The molecule has 0 unspecified atom stereocenters. The molecular formula is C15H23N3O2. The van der Waals surface area contributed by atoms with Crippen LogP contribution < -0.4 is 10.1 Å². The molecule has 2 rings (SSSR count). The normalized spacial score (nSPS) is 25.0. The Morgan fingerprint density at radius 2 is 2.20 bits per heavy atom. The number of carbonyl (C=O) groups is 1. The molecule has 0 aromatic carbocycles. The van der Waals surface area contributed by atoms with Crippen LogP contribution in [-0.4, -0.2) is 23.0 Å². The fourth-order valence-electron chi connectivity index (χ4n) is 3.32. The number of ether oxygens (including phenoxy) is 1. The van der Waals surface area contributed by atoms with Crippen molar-refractivity contribution in [3.8, 4) is 5.75 Å². The molecule has 5 nitrogen and oxygen atoms in total. The van der Waals surface area contributed by atoms with Gasteiger partial charge in [0.25, 0.3) is 0 Å². The van der Waals surface area contributed by atoms with E-state index in [1.807, 2.05) is 0 Å². The van der Waals surface area contributed by atoms with Crippen LogP contribution in [0.15, 0.2) is 12.5 Å². The van der Waals surface area contributed by atoms with Crippen molar-refractivity contribution in [2.24, 2.45) is 17.3 Å². The van der Waals surface area contributed by atoms with Gasteiger partial charge in [-0.15, -0.1) is 0 Å². The molecule has 1 aromatic heterocycles. The first-order chi connectivity index (χ1) is 9.41. The summed E-state index contributed by atoms with van der Waals surface area (Å²) in [6.45, 7) is 6.68. The van der Waals surface area contributed by atoms with Crippen LogP contribution in [0.4, 0.5) is 5.82 Å². The van der Waals surface area contributed by atoms with E-state index in [1.165, 1.54) is 12.7 Å². The molecule has 1 fully saturated rings. The van der Waals surface area contributed by atoms with Gasteiger partial charge in [0, 0.05) is 5.92 Å². The molecule has 1 aliphatic rings. The van der Waals surface area contributed by atoms with Crippen LogP contribution in [0.3, 0.4) is 0 Å². The second-order valence-corrected chi connectivity index (χ2v) is 6.54. The van der Waals surface area contributed by atoms with E-state index in [4.69, 9.17) is 4.74 Å². The lowest BCUT2D eigenvalue weighted by molar-refractivity contribution is -0.122. The Kier molecular flexibility index (Phi) is 4.26. The van der Waals surface area contributed by atoms with Crippen LogP contribution in [0.1, 0.15) is 40.0 Å². The van der Waals surface area contributed by atoms with Crippen molar-refractivity contribution in [3.05, 3.63) is 12.5 Å². The minimum Gasteiger partial charge on any atom is -0.491 e. The van der Waals surface area contributed by atoms with E-state index in [0.29, 0.717) is 17.5 Å². The summed E-state index contributed by atoms with van der Waals surface area (Å²) in [6.07, 6.45) is 5.98. The van der Waals surface area contributed by atoms with Crippen LogP contribution in [0.2, 0.25) is 0 Å². The zero-order chi connectivity index (χ0) is 14.8. The Balaban J connectivity index is 2.08. The second kappa shape index (κ2) is 5.77. The molecule has 1 heterocycles. The average molecular weight is 277 g/mol. The Bertz CT molecular complexity index is 488. The molecule has 1 saturated carbocycles. The topological polar surface area (TPSA) is 64.1 Å². The Hall–Kier alpha value is -1.65. The van der Waals surface area contributed by atoms with Gasteiger partial charge in [-0.3, -0.25) is 4.79 Å². The van der Waals surface area contributed by atoms with E-state index in [9.17, 15) is 4.79 Å². The van der Waals surface area contributed by atoms with E-state index in [0.717, 1.165) is 12.8 Å². The Labute approximate surface area is 120 Å². The van der Waals surface area contributed by atoms with Gasteiger partial charge < -0.3 is 10.1 Å². The fraction of sp³-hybridized carbons (Fsp3) is 0.667. The molecule has 0 bridgehead atoms. The third kappa shape index (κ3) is 3.46. The highest BCUT2D eigenvalue weighted by atomic mass is 16.5. The zero-order valence-electron chi connectivity index (χ0n) is 12.6. The maximum absolute atomic E-state index is 12.4. The molecule has 20 heavy (non-hydrogen) atoms. The summed E-state index contributed by atoms with van der Waals surface area (Å²) >= 11 is 0. The maximum Gasteiger partial charge on any atom is 0.228 e. The summed E-state index contributed by atoms with van der Waals surface area (Å²) in [5.41, 5.74) is 0.218. The molecule has 0 aliphatic heterocycles. The van der Waals surface area contributed by atoms with Gasteiger partial charge >= 0.3 is 0 Å². The first-order valence-corrected chi connectivity index (χ1v) is 7.06. The molecule has 0 saturated heterocycles. The van der Waals surface area contributed by atoms with Crippen LogP contribution in [0.25, 0.3) is 0 Å². The number of methoxy groups -OCH3 is 1. The number of nitrogens with zero attached hydrogens (tertiary/aromatic N) is 2. The number of hydrogen-bond acceptors (Lipinski definition) is 4. The predicted octanol–water partition coefficient (Wildman–Crippen LogP) is 2.89. The first kappa shape index (κ1) is 14.8. The van der Waals surface area contributed by atoms with Crippen LogP contribution in [0, 0.1) is 17.3 Å². The van der Waals surface area contributed by atoms with Crippen LogP contribution >= 0.6 is 0 Å². The predicted molar refractivity (Wildman–Crippen MR) is 77.5 cm³/mol. The Morgan fingerprint density at radius 1 is 1.45 bits per heavy atom. The monoisotopic (exact) mass is 277 g/mol. The molecule has 1 amide bonds. The third-order valence-corrected chi connectivity index (χ3v) is 3.90. The van der Waals surface area contributed by atoms with Gasteiger partial charge in [0.15, 0.2) is 11.6 Å². The fourth-order valence-corrected chi connectivity index (χ4v) is 3.32. The summed E-state index contributed by atoms with van der Waals surface area (Å²) < 4.78 is 5.16. The average Bonchev–Trinajstić information content (AvgIpc) is 2.37. The molecule has 1 aliphatic carbocycles. The van der Waals surface area contributed by atoms with Crippen LogP contribution in [0.5, 0.6) is 5.75 Å². The highest BCUT2D eigenvalue weighted by Gasteiger charge is 2.35. The van der Waals surface area contributed by atoms with Gasteiger partial charge in [0.2, 0.25) is 5.91 Å². The highest BCUT2D eigenvalue weighted by Crippen LogP contribution is 2.42. The molecule has 0 radical (unpaired) electrons. The second-order valence-electron chi connectivity index (χ2n) is 6.54. The van der Waals surface area contributed by atoms with E-state index in [-0.39, 0.29) is 17.2 Å². The quantitative estimate of drug-likeness (QED) is 0.922. The number of nitrogens with one attached hydrogen (secondary N) is 1. The van der Waals surface area contributed by atoms with Gasteiger partial charge in [0.05, 0.1) is 13.3 Å². The summed E-state index contributed by atoms with van der Waals surface area (Å²) in [5, 5.41) is 2.87. The van der Waals surface area contributed by atoms with Gasteiger partial charge in [-0.05, 0) is 30.6 Å². The van der Waals surface area contributed by atoms with E-state index >= 15 is 0 Å². The van der Waals surface area contributed by atoms with Crippen molar-refractivity contribution in [2.75, 3.05) is 12.4 Å². The minimum absolute atomic E-state index is 0.0293. The molecule has 0 spiro atoms. The van der Waals surface area contributed by atoms with Crippen molar-refractivity contribution >= 4 is 11.7 Å². The molecule has 1 aromatic rings. The number of rotatable bonds is 3. The standard InChI is InChI=1S/C15H23N3O2/c1-10-5-11(7-15(2,3)6-10)14(19)18-13-12(20-4)8-16-9-17-13/h8-11H,5-7H2,1-4H3,(H,16,17,18,19)/t10-,11+/m0/s1. The van der Waals surface area contributed by atoms with E-state index in [2.05, 4.69) is 36.1 Å². The third-order valence-electron chi connectivity index (χ3n) is 3.90.